The van der Waals surface area contributed by atoms with Gasteiger partial charge < -0.3 is 38.6 Å². The number of hydrogen-bond acceptors (Lipinski definition) is 14. The van der Waals surface area contributed by atoms with E-state index in [1.165, 1.54) is 12.1 Å². The lowest BCUT2D eigenvalue weighted by Gasteiger charge is -2.48. The molecule has 2 N–H and O–H groups in total. The van der Waals surface area contributed by atoms with E-state index in [2.05, 4.69) is 34.6 Å². The molecule has 1 aliphatic carbocycles. The SMILES string of the molecule is C[Si](C)(C)CCOCn1ccc2cc3c(nc21)O[C@H]1COCC[C@@H]1N3c1cc(N2CCC3(CC2)CC(=O)C3)ccc1C(=O)NS(=O)(=O)c1ccc(NCC2CCOCC2)c([N+](=O)[O-])c1. The van der Waals surface area contributed by atoms with Crippen LogP contribution in [0.4, 0.5) is 28.4 Å². The van der Waals surface area contributed by atoms with Crippen LogP contribution in [0, 0.1) is 21.4 Å². The third-order valence-corrected chi connectivity index (χ3v) is 16.5. The lowest BCUT2D eigenvalue weighted by molar-refractivity contribution is -0.384. The Morgan fingerprint density at radius 1 is 1.00 bits per heavy atom. The highest BCUT2D eigenvalue weighted by molar-refractivity contribution is 7.90. The number of nitrogens with zero attached hydrogens (tertiary/aromatic N) is 5. The third kappa shape index (κ3) is 9.22. The first-order valence-electron chi connectivity index (χ1n) is 22.3. The standard InChI is InChI=1S/C45H57N7O10SSi/c1-64(2,3)21-20-61-29-50-14-8-31-22-40-44(47-42(31)50)62-41-28-60-19-11-37(41)51(40)38-23-32(49-15-12-45(13-16-49)25-33(53)26-45)4-6-35(38)43(54)48-63(57,58)34-5-7-36(39(24-34)52(55)56)46-27-30-9-17-59-18-10-30/h4-8,14,22-24,30,37,41,46H,9-13,15-21,25-29H2,1-3H3,(H,48,54)/t37-,41-/m0/s1. The van der Waals surface area contributed by atoms with Crippen molar-refractivity contribution in [2.45, 2.75) is 94.4 Å². The van der Waals surface area contributed by atoms with E-state index < -0.39 is 45.6 Å². The molecule has 4 aromatic rings. The van der Waals surface area contributed by atoms with Gasteiger partial charge in [-0.1, -0.05) is 19.6 Å². The van der Waals surface area contributed by atoms with Crippen LogP contribution in [0.3, 0.4) is 0 Å². The molecule has 1 spiro atoms. The lowest BCUT2D eigenvalue weighted by Crippen LogP contribution is -2.53. The van der Waals surface area contributed by atoms with E-state index >= 15 is 0 Å². The van der Waals surface area contributed by atoms with Gasteiger partial charge in [0.15, 0.2) is 0 Å². The summed E-state index contributed by atoms with van der Waals surface area (Å²) in [5, 5.41) is 16.2. The average molecular weight is 916 g/mol. The van der Waals surface area contributed by atoms with Crippen LogP contribution in [0.15, 0.2) is 59.6 Å². The Balaban J connectivity index is 1.06. The fraction of sp³-hybridized carbons (Fsp3) is 0.533. The van der Waals surface area contributed by atoms with Crippen LogP contribution < -0.4 is 24.6 Å². The van der Waals surface area contributed by atoms with Crippen molar-refractivity contribution in [1.82, 2.24) is 14.3 Å². The molecule has 1 saturated carbocycles. The molecule has 2 aromatic carbocycles. The van der Waals surface area contributed by atoms with E-state index in [9.17, 15) is 28.1 Å². The Bertz CT molecular complexity index is 2540. The smallest absolute Gasteiger partial charge is 0.293 e. The van der Waals surface area contributed by atoms with Gasteiger partial charge in [-0.25, -0.2) is 13.1 Å². The maximum atomic E-state index is 14.6. The number of benzene rings is 2. The highest BCUT2D eigenvalue weighted by atomic mass is 32.2. The Labute approximate surface area is 374 Å². The largest absolute Gasteiger partial charge is 0.468 e. The van der Waals surface area contributed by atoms with Gasteiger partial charge in [0, 0.05) is 90.3 Å². The van der Waals surface area contributed by atoms with Gasteiger partial charge in [-0.05, 0) is 91.9 Å². The minimum Gasteiger partial charge on any atom is -0.468 e. The number of anilines is 4. The normalized spacial score (nSPS) is 21.2. The summed E-state index contributed by atoms with van der Waals surface area (Å²) in [6.07, 6.45) is 6.62. The van der Waals surface area contributed by atoms with Crippen LogP contribution in [0.2, 0.25) is 25.7 Å². The van der Waals surface area contributed by atoms with Gasteiger partial charge in [0.05, 0.1) is 33.7 Å². The molecule has 4 fully saturated rings. The summed E-state index contributed by atoms with van der Waals surface area (Å²) in [6.45, 7) is 11.8. The zero-order valence-corrected chi connectivity index (χ0v) is 38.5. The topological polar surface area (TPSA) is 197 Å². The van der Waals surface area contributed by atoms with Crippen molar-refractivity contribution >= 4 is 69.3 Å². The minimum atomic E-state index is -4.61. The number of aromatic nitrogens is 2. The first-order chi connectivity index (χ1) is 30.7. The van der Waals surface area contributed by atoms with Crippen LogP contribution >= 0.6 is 0 Å². The number of nitro benzene ring substituents is 1. The summed E-state index contributed by atoms with van der Waals surface area (Å²) in [4.78, 5) is 47.1. The van der Waals surface area contributed by atoms with Crippen molar-refractivity contribution in [3.8, 4) is 5.88 Å². The molecule has 0 radical (unpaired) electrons. The van der Waals surface area contributed by atoms with Crippen molar-refractivity contribution < 1.29 is 41.9 Å². The molecule has 5 aliphatic rings. The molecule has 64 heavy (non-hydrogen) atoms. The number of carbonyl (C=O) groups is 2. The third-order valence-electron chi connectivity index (χ3n) is 13.5. The minimum absolute atomic E-state index is 0.0457. The number of ether oxygens (including phenoxy) is 4. The molecule has 17 nitrogen and oxygen atoms in total. The number of pyridine rings is 1. The Kier molecular flexibility index (Phi) is 12.2. The molecule has 19 heteroatoms. The second-order valence-corrected chi connectivity index (χ2v) is 26.5. The number of nitro groups is 1. The predicted octanol–water partition coefficient (Wildman–Crippen LogP) is 6.85. The molecule has 2 atom stereocenters. The molecule has 4 aliphatic heterocycles. The first kappa shape index (κ1) is 44.1. The van der Waals surface area contributed by atoms with Crippen LogP contribution in [-0.4, -0.2) is 107 Å². The van der Waals surface area contributed by atoms with E-state index in [-0.39, 0.29) is 35.2 Å². The molecule has 342 valence electrons. The molecule has 1 amide bonds. The zero-order chi connectivity index (χ0) is 44.8. The van der Waals surface area contributed by atoms with Gasteiger partial charge in [-0.15, -0.1) is 0 Å². The fourth-order valence-corrected chi connectivity index (χ4v) is 11.4. The summed E-state index contributed by atoms with van der Waals surface area (Å²) in [5.74, 6) is 0.0127. The lowest BCUT2D eigenvalue weighted by atomic mass is 9.62. The number of carbonyl (C=O) groups excluding carboxylic acids is 2. The van der Waals surface area contributed by atoms with Crippen molar-refractivity contribution in [2.24, 2.45) is 11.3 Å². The van der Waals surface area contributed by atoms with Crippen molar-refractivity contribution in [2.75, 3.05) is 67.8 Å². The molecule has 0 unspecified atom stereocenters. The maximum absolute atomic E-state index is 14.6. The highest BCUT2D eigenvalue weighted by Crippen LogP contribution is 2.49. The second kappa shape index (κ2) is 17.7. The first-order valence-corrected chi connectivity index (χ1v) is 27.5. The van der Waals surface area contributed by atoms with E-state index in [0.717, 1.165) is 62.0 Å². The van der Waals surface area contributed by atoms with Crippen molar-refractivity contribution in [3.05, 3.63) is 70.4 Å². The molecular weight excluding hydrogens is 859 g/mol. The van der Waals surface area contributed by atoms with E-state index in [0.29, 0.717) is 87.7 Å². The molecular formula is C45H57N7O10SSi. The number of rotatable bonds is 14. The van der Waals surface area contributed by atoms with E-state index in [1.54, 1.807) is 6.07 Å². The molecule has 3 saturated heterocycles. The highest BCUT2D eigenvalue weighted by Gasteiger charge is 2.46. The number of sulfonamides is 1. The van der Waals surface area contributed by atoms with Crippen LogP contribution in [0.25, 0.3) is 11.0 Å². The Morgan fingerprint density at radius 2 is 1.77 bits per heavy atom. The quantitative estimate of drug-likeness (QED) is 0.0577. The summed E-state index contributed by atoms with van der Waals surface area (Å²) >= 11 is 0. The molecule has 9 rings (SSSR count). The molecule has 0 bridgehead atoms. The van der Waals surface area contributed by atoms with E-state index in [4.69, 9.17) is 23.9 Å². The van der Waals surface area contributed by atoms with Crippen LogP contribution in [-0.2, 0) is 35.8 Å². The van der Waals surface area contributed by atoms with Crippen LogP contribution in [0.5, 0.6) is 5.88 Å². The summed E-state index contributed by atoms with van der Waals surface area (Å²) in [7, 11) is -5.90. The maximum Gasteiger partial charge on any atom is 0.293 e. The van der Waals surface area contributed by atoms with Gasteiger partial charge in [-0.3, -0.25) is 19.7 Å². The zero-order valence-electron chi connectivity index (χ0n) is 36.7. The van der Waals surface area contributed by atoms with Gasteiger partial charge in [0.1, 0.15) is 35.6 Å². The second-order valence-electron chi connectivity index (χ2n) is 19.2. The number of piperidine rings is 1. The van der Waals surface area contributed by atoms with Gasteiger partial charge in [0.25, 0.3) is 21.6 Å². The van der Waals surface area contributed by atoms with Gasteiger partial charge in [0.2, 0.25) is 5.88 Å². The average Bonchev–Trinajstić information content (AvgIpc) is 3.66. The Hall–Kier alpha value is -5.08. The number of amides is 1. The number of nitrogens with one attached hydrogen (secondary N) is 2. The molecule has 6 heterocycles. The summed E-state index contributed by atoms with van der Waals surface area (Å²) in [6, 6.07) is 13.7. The summed E-state index contributed by atoms with van der Waals surface area (Å²) in [5.41, 5.74) is 2.51. The van der Waals surface area contributed by atoms with Crippen molar-refractivity contribution in [3.63, 3.8) is 0 Å². The molecule has 2 aromatic heterocycles. The van der Waals surface area contributed by atoms with Crippen molar-refractivity contribution in [1.29, 1.82) is 0 Å². The summed E-state index contributed by atoms with van der Waals surface area (Å²) < 4.78 is 56.3. The fourth-order valence-electron chi connectivity index (χ4n) is 9.63. The predicted molar refractivity (Wildman–Crippen MR) is 244 cm³/mol. The van der Waals surface area contributed by atoms with Gasteiger partial charge >= 0.3 is 0 Å². The Morgan fingerprint density at radius 3 is 2.50 bits per heavy atom. The van der Waals surface area contributed by atoms with Crippen LogP contribution in [0.1, 0.15) is 55.3 Å². The monoisotopic (exact) mass is 915 g/mol. The number of ketones is 1. The number of Topliss-reactive ketones (excluding diaryl/α,β-unsaturated/α-hetero) is 1. The number of fused-ring (bicyclic) bond motifs is 3. The number of hydrogen-bond donors (Lipinski definition) is 2. The van der Waals surface area contributed by atoms with E-state index in [1.807, 2.05) is 39.9 Å². The van der Waals surface area contributed by atoms with Gasteiger partial charge in [-0.2, -0.15) is 4.98 Å².